The molecule has 3 aliphatic carbocycles. The van der Waals surface area contributed by atoms with E-state index in [1.807, 2.05) is 18.0 Å². The van der Waals surface area contributed by atoms with Crippen LogP contribution in [0.3, 0.4) is 0 Å². The van der Waals surface area contributed by atoms with Gasteiger partial charge in [0.15, 0.2) is 5.78 Å². The molecule has 3 fully saturated rings. The molecule has 1 saturated heterocycles. The minimum Gasteiger partial charge on any atom is -0.342 e. The summed E-state index contributed by atoms with van der Waals surface area (Å²) in [6, 6.07) is 0.403. The Hall–Kier alpha value is -1.12. The zero-order chi connectivity index (χ0) is 15.7. The van der Waals surface area contributed by atoms with E-state index in [0.717, 1.165) is 25.7 Å². The van der Waals surface area contributed by atoms with Crippen LogP contribution in [0.2, 0.25) is 0 Å². The topological polar surface area (TPSA) is 37.4 Å². The van der Waals surface area contributed by atoms with Gasteiger partial charge in [0, 0.05) is 24.9 Å². The predicted octanol–water partition coefficient (Wildman–Crippen LogP) is 3.19. The predicted molar refractivity (Wildman–Crippen MR) is 85.1 cm³/mol. The average molecular weight is 301 g/mol. The molecule has 3 heteroatoms. The van der Waals surface area contributed by atoms with Crippen molar-refractivity contribution in [2.75, 3.05) is 7.05 Å². The lowest BCUT2D eigenvalue weighted by molar-refractivity contribution is -0.157. The van der Waals surface area contributed by atoms with Gasteiger partial charge in [0.25, 0.3) is 0 Å². The first-order chi connectivity index (χ1) is 10.4. The molecule has 6 atom stereocenters. The van der Waals surface area contributed by atoms with E-state index >= 15 is 0 Å². The van der Waals surface area contributed by atoms with E-state index in [1.165, 1.54) is 6.42 Å². The standard InChI is InChI=1S/C19H27NO2/c1-18-11-9-17(22)20(3)15(18)6-4-12-13-5-7-16(21)19(13,2)10-8-14(12)18/h5,7,12-15H,4,6,8-11H2,1-3H3. The van der Waals surface area contributed by atoms with Crippen molar-refractivity contribution >= 4 is 11.7 Å². The maximum atomic E-state index is 12.3. The molecule has 1 heterocycles. The van der Waals surface area contributed by atoms with Crippen LogP contribution in [0.15, 0.2) is 12.2 Å². The maximum absolute atomic E-state index is 12.3. The molecule has 0 aromatic heterocycles. The Morgan fingerprint density at radius 1 is 1.14 bits per heavy atom. The van der Waals surface area contributed by atoms with Gasteiger partial charge in [-0.3, -0.25) is 9.59 Å². The fourth-order valence-corrected chi connectivity index (χ4v) is 6.42. The monoisotopic (exact) mass is 301 g/mol. The van der Waals surface area contributed by atoms with Crippen LogP contribution < -0.4 is 0 Å². The number of carbonyl (C=O) groups excluding carboxylic acids is 2. The lowest BCUT2D eigenvalue weighted by Gasteiger charge is -2.60. The minimum atomic E-state index is -0.138. The van der Waals surface area contributed by atoms with Crippen LogP contribution in [0.25, 0.3) is 0 Å². The zero-order valence-corrected chi connectivity index (χ0v) is 14.0. The maximum Gasteiger partial charge on any atom is 0.222 e. The van der Waals surface area contributed by atoms with Crippen LogP contribution in [0.4, 0.5) is 0 Å². The largest absolute Gasteiger partial charge is 0.342 e. The van der Waals surface area contributed by atoms with Gasteiger partial charge in [-0.2, -0.15) is 0 Å². The molecule has 1 aliphatic heterocycles. The van der Waals surface area contributed by atoms with Crippen LogP contribution in [0, 0.1) is 28.6 Å². The molecule has 2 saturated carbocycles. The third-order valence-corrected chi connectivity index (χ3v) is 7.83. The van der Waals surface area contributed by atoms with Crippen molar-refractivity contribution in [1.29, 1.82) is 0 Å². The lowest BCUT2D eigenvalue weighted by Crippen LogP contribution is -2.61. The van der Waals surface area contributed by atoms with E-state index in [2.05, 4.69) is 19.9 Å². The summed E-state index contributed by atoms with van der Waals surface area (Å²) in [5.74, 6) is 2.39. The average Bonchev–Trinajstić information content (AvgIpc) is 2.79. The normalized spacial score (nSPS) is 50.6. The Labute approximate surface area is 133 Å². The highest BCUT2D eigenvalue weighted by atomic mass is 16.2. The van der Waals surface area contributed by atoms with Gasteiger partial charge < -0.3 is 4.90 Å². The summed E-state index contributed by atoms with van der Waals surface area (Å²) in [5.41, 5.74) is 0.104. The van der Waals surface area contributed by atoms with E-state index in [9.17, 15) is 9.59 Å². The Kier molecular flexibility index (Phi) is 2.93. The molecule has 0 aromatic carbocycles. The first kappa shape index (κ1) is 14.5. The molecule has 3 nitrogen and oxygen atoms in total. The molecule has 0 bridgehead atoms. The number of hydrogen-bond acceptors (Lipinski definition) is 2. The number of fused-ring (bicyclic) bond motifs is 5. The summed E-state index contributed by atoms with van der Waals surface area (Å²) in [6.45, 7) is 4.60. The number of allylic oxidation sites excluding steroid dienone is 2. The third kappa shape index (κ3) is 1.63. The van der Waals surface area contributed by atoms with E-state index in [4.69, 9.17) is 0 Å². The van der Waals surface area contributed by atoms with Gasteiger partial charge in [0.1, 0.15) is 0 Å². The molecular weight excluding hydrogens is 274 g/mol. The van der Waals surface area contributed by atoms with Crippen molar-refractivity contribution < 1.29 is 9.59 Å². The van der Waals surface area contributed by atoms with Crippen molar-refractivity contribution in [1.82, 2.24) is 4.90 Å². The summed E-state index contributed by atoms with van der Waals surface area (Å²) in [4.78, 5) is 26.5. The van der Waals surface area contributed by atoms with Gasteiger partial charge in [-0.15, -0.1) is 0 Å². The van der Waals surface area contributed by atoms with E-state index in [-0.39, 0.29) is 10.8 Å². The first-order valence-electron chi connectivity index (χ1n) is 8.86. The van der Waals surface area contributed by atoms with Crippen LogP contribution in [0.1, 0.15) is 52.4 Å². The second-order valence-corrected chi connectivity index (χ2v) is 8.58. The van der Waals surface area contributed by atoms with Crippen LogP contribution in [0.5, 0.6) is 0 Å². The summed E-state index contributed by atoms with van der Waals surface area (Å²) in [7, 11) is 2.00. The van der Waals surface area contributed by atoms with Gasteiger partial charge in [0.2, 0.25) is 5.91 Å². The quantitative estimate of drug-likeness (QED) is 0.689. The van der Waals surface area contributed by atoms with Crippen molar-refractivity contribution in [3.63, 3.8) is 0 Å². The van der Waals surface area contributed by atoms with Gasteiger partial charge in [0.05, 0.1) is 0 Å². The van der Waals surface area contributed by atoms with Crippen molar-refractivity contribution in [2.45, 2.75) is 58.4 Å². The molecule has 1 amide bonds. The molecule has 0 spiro atoms. The Morgan fingerprint density at radius 2 is 1.91 bits per heavy atom. The highest BCUT2D eigenvalue weighted by Crippen LogP contribution is 2.62. The van der Waals surface area contributed by atoms with Crippen molar-refractivity contribution in [3.8, 4) is 0 Å². The molecule has 6 unspecified atom stereocenters. The van der Waals surface area contributed by atoms with Gasteiger partial charge in [-0.25, -0.2) is 0 Å². The van der Waals surface area contributed by atoms with Crippen LogP contribution in [-0.2, 0) is 9.59 Å². The number of amides is 1. The fourth-order valence-electron chi connectivity index (χ4n) is 6.42. The van der Waals surface area contributed by atoms with Crippen molar-refractivity contribution in [2.24, 2.45) is 28.6 Å². The van der Waals surface area contributed by atoms with E-state index < -0.39 is 0 Å². The zero-order valence-electron chi connectivity index (χ0n) is 14.0. The lowest BCUT2D eigenvalue weighted by atomic mass is 9.47. The number of rotatable bonds is 0. The summed E-state index contributed by atoms with van der Waals surface area (Å²) in [6.07, 6.45) is 10.2. The van der Waals surface area contributed by atoms with Crippen LogP contribution in [-0.4, -0.2) is 29.7 Å². The highest BCUT2D eigenvalue weighted by Gasteiger charge is 2.60. The van der Waals surface area contributed by atoms with Gasteiger partial charge in [-0.1, -0.05) is 19.9 Å². The Morgan fingerprint density at radius 3 is 2.68 bits per heavy atom. The molecule has 0 N–H and O–H groups in total. The Bertz CT molecular complexity index is 568. The molecule has 0 radical (unpaired) electrons. The molecule has 4 aliphatic rings. The Balaban J connectivity index is 1.68. The number of ketones is 1. The second kappa shape index (κ2) is 4.46. The summed E-state index contributed by atoms with van der Waals surface area (Å²) in [5, 5.41) is 0. The SMILES string of the molecule is CN1C(=O)CCC2(C)C3CCC4(C)C(=O)C=CC4C3CCC12. The fraction of sp³-hybridized carbons (Fsp3) is 0.789. The second-order valence-electron chi connectivity index (χ2n) is 8.58. The molecule has 22 heavy (non-hydrogen) atoms. The number of hydrogen-bond donors (Lipinski definition) is 0. The number of carbonyl (C=O) groups is 2. The minimum absolute atomic E-state index is 0.138. The highest BCUT2D eigenvalue weighted by molar-refractivity contribution is 5.97. The van der Waals surface area contributed by atoms with E-state index in [1.54, 1.807) is 0 Å². The number of likely N-dealkylation sites (tertiary alicyclic amines) is 1. The molecule has 4 rings (SSSR count). The first-order valence-corrected chi connectivity index (χ1v) is 8.86. The van der Waals surface area contributed by atoms with Crippen molar-refractivity contribution in [3.05, 3.63) is 12.2 Å². The summed E-state index contributed by atoms with van der Waals surface area (Å²) < 4.78 is 0. The third-order valence-electron chi connectivity index (χ3n) is 7.83. The smallest absolute Gasteiger partial charge is 0.222 e. The number of nitrogens with zero attached hydrogens (tertiary/aromatic N) is 1. The van der Waals surface area contributed by atoms with Gasteiger partial charge >= 0.3 is 0 Å². The van der Waals surface area contributed by atoms with Crippen LogP contribution >= 0.6 is 0 Å². The summed E-state index contributed by atoms with van der Waals surface area (Å²) >= 11 is 0. The van der Waals surface area contributed by atoms with Gasteiger partial charge in [-0.05, 0) is 61.3 Å². The molecule has 0 aromatic rings. The molecular formula is C19H27NO2. The molecule has 120 valence electrons. The van der Waals surface area contributed by atoms with E-state index in [0.29, 0.717) is 41.9 Å². The number of piperidine rings is 1.